The van der Waals surface area contributed by atoms with Gasteiger partial charge in [-0.15, -0.1) is 0 Å². The van der Waals surface area contributed by atoms with Gasteiger partial charge < -0.3 is 10.1 Å². The first-order chi connectivity index (χ1) is 7.38. The highest BCUT2D eigenvalue weighted by molar-refractivity contribution is 5.46. The summed E-state index contributed by atoms with van der Waals surface area (Å²) in [7, 11) is 1.90. The summed E-state index contributed by atoms with van der Waals surface area (Å²) in [6.45, 7) is 0. The van der Waals surface area contributed by atoms with Gasteiger partial charge in [-0.25, -0.2) is 0 Å². The Morgan fingerprint density at radius 3 is 2.00 bits per heavy atom. The van der Waals surface area contributed by atoms with Gasteiger partial charge in [-0.05, 0) is 36.4 Å². The van der Waals surface area contributed by atoms with E-state index in [1.807, 2.05) is 61.6 Å². The number of nitrogens with one attached hydrogen (secondary N) is 1. The van der Waals surface area contributed by atoms with E-state index in [9.17, 15) is 0 Å². The average Bonchev–Trinajstić information content (AvgIpc) is 2.31. The molecular weight excluding hydrogens is 186 g/mol. The van der Waals surface area contributed by atoms with Crippen molar-refractivity contribution in [3.63, 3.8) is 0 Å². The van der Waals surface area contributed by atoms with Gasteiger partial charge in [-0.3, -0.25) is 0 Å². The van der Waals surface area contributed by atoms with Crippen molar-refractivity contribution in [2.24, 2.45) is 0 Å². The van der Waals surface area contributed by atoms with E-state index in [1.54, 1.807) is 0 Å². The predicted octanol–water partition coefficient (Wildman–Crippen LogP) is 3.52. The van der Waals surface area contributed by atoms with Crippen LogP contribution in [0.5, 0.6) is 11.5 Å². The Morgan fingerprint density at radius 1 is 0.800 bits per heavy atom. The summed E-state index contributed by atoms with van der Waals surface area (Å²) in [6, 6.07) is 17.6. The van der Waals surface area contributed by atoms with Crippen molar-refractivity contribution in [3.05, 3.63) is 54.6 Å². The van der Waals surface area contributed by atoms with Crippen LogP contribution in [-0.2, 0) is 0 Å². The maximum atomic E-state index is 5.65. The monoisotopic (exact) mass is 199 g/mol. The van der Waals surface area contributed by atoms with Crippen molar-refractivity contribution >= 4 is 5.69 Å². The largest absolute Gasteiger partial charge is 0.457 e. The number of benzene rings is 2. The van der Waals surface area contributed by atoms with Crippen LogP contribution in [-0.4, -0.2) is 7.05 Å². The van der Waals surface area contributed by atoms with Crippen LogP contribution in [0.4, 0.5) is 5.69 Å². The Hall–Kier alpha value is -1.96. The number of ether oxygens (including phenoxy) is 1. The van der Waals surface area contributed by atoms with E-state index < -0.39 is 0 Å². The molecule has 0 aliphatic carbocycles. The molecule has 0 amide bonds. The Morgan fingerprint density at radius 2 is 1.40 bits per heavy atom. The van der Waals surface area contributed by atoms with Crippen molar-refractivity contribution in [1.29, 1.82) is 0 Å². The highest BCUT2D eigenvalue weighted by atomic mass is 16.5. The number of hydrogen-bond donors (Lipinski definition) is 1. The van der Waals surface area contributed by atoms with E-state index in [2.05, 4.69) is 5.32 Å². The molecule has 0 aliphatic heterocycles. The number of hydrogen-bond acceptors (Lipinski definition) is 2. The van der Waals surface area contributed by atoms with Gasteiger partial charge in [-0.1, -0.05) is 18.2 Å². The van der Waals surface area contributed by atoms with Crippen molar-refractivity contribution in [1.82, 2.24) is 0 Å². The molecule has 0 fully saturated rings. The Kier molecular flexibility index (Phi) is 2.88. The molecule has 2 heteroatoms. The van der Waals surface area contributed by atoms with Crippen LogP contribution in [0.2, 0.25) is 0 Å². The lowest BCUT2D eigenvalue weighted by Crippen LogP contribution is -1.87. The zero-order valence-corrected chi connectivity index (χ0v) is 8.60. The smallest absolute Gasteiger partial charge is 0.127 e. The molecule has 2 nitrogen and oxygen atoms in total. The molecule has 0 aliphatic rings. The van der Waals surface area contributed by atoms with E-state index >= 15 is 0 Å². The van der Waals surface area contributed by atoms with Crippen LogP contribution in [0.25, 0.3) is 0 Å². The van der Waals surface area contributed by atoms with E-state index in [0.717, 1.165) is 17.2 Å². The summed E-state index contributed by atoms with van der Waals surface area (Å²) >= 11 is 0. The molecule has 2 aromatic rings. The van der Waals surface area contributed by atoms with Crippen LogP contribution in [0.15, 0.2) is 54.6 Å². The Labute approximate surface area is 89.5 Å². The zero-order valence-electron chi connectivity index (χ0n) is 8.60. The minimum Gasteiger partial charge on any atom is -0.457 e. The second-order valence-corrected chi connectivity index (χ2v) is 3.19. The molecule has 76 valence electrons. The van der Waals surface area contributed by atoms with Gasteiger partial charge in [-0.2, -0.15) is 0 Å². The van der Waals surface area contributed by atoms with E-state index in [1.165, 1.54) is 0 Å². The number of anilines is 1. The minimum atomic E-state index is 0.847. The maximum Gasteiger partial charge on any atom is 0.127 e. The second-order valence-electron chi connectivity index (χ2n) is 3.19. The fraction of sp³-hybridized carbons (Fsp3) is 0.0769. The first-order valence-corrected chi connectivity index (χ1v) is 4.89. The molecule has 1 N–H and O–H groups in total. The number of para-hydroxylation sites is 1. The van der Waals surface area contributed by atoms with Crippen molar-refractivity contribution in [2.45, 2.75) is 0 Å². The topological polar surface area (TPSA) is 21.3 Å². The van der Waals surface area contributed by atoms with Gasteiger partial charge in [0.1, 0.15) is 11.5 Å². The van der Waals surface area contributed by atoms with E-state index in [4.69, 9.17) is 4.74 Å². The summed E-state index contributed by atoms with van der Waals surface area (Å²) < 4.78 is 5.65. The third-order valence-corrected chi connectivity index (χ3v) is 2.12. The molecule has 0 aromatic heterocycles. The first kappa shape index (κ1) is 9.59. The molecule has 0 heterocycles. The molecule has 0 spiro atoms. The van der Waals surface area contributed by atoms with Gasteiger partial charge in [0, 0.05) is 12.7 Å². The summed E-state index contributed by atoms with van der Waals surface area (Å²) in [4.78, 5) is 0. The van der Waals surface area contributed by atoms with E-state index in [0.29, 0.717) is 0 Å². The third-order valence-electron chi connectivity index (χ3n) is 2.12. The minimum absolute atomic E-state index is 0.847. The van der Waals surface area contributed by atoms with Crippen molar-refractivity contribution < 1.29 is 4.74 Å². The lowest BCUT2D eigenvalue weighted by atomic mass is 10.3. The zero-order chi connectivity index (χ0) is 10.5. The van der Waals surface area contributed by atoms with Crippen LogP contribution in [0.3, 0.4) is 0 Å². The lowest BCUT2D eigenvalue weighted by molar-refractivity contribution is 0.483. The molecule has 0 bridgehead atoms. The Balaban J connectivity index is 2.11. The molecule has 15 heavy (non-hydrogen) atoms. The fourth-order valence-corrected chi connectivity index (χ4v) is 1.31. The molecule has 2 aromatic carbocycles. The van der Waals surface area contributed by atoms with Gasteiger partial charge >= 0.3 is 0 Å². The summed E-state index contributed by atoms with van der Waals surface area (Å²) in [5.41, 5.74) is 1.08. The van der Waals surface area contributed by atoms with Crippen molar-refractivity contribution in [2.75, 3.05) is 12.4 Å². The predicted molar refractivity (Wildman–Crippen MR) is 62.5 cm³/mol. The summed E-state index contributed by atoms with van der Waals surface area (Å²) in [5, 5.41) is 3.06. The van der Waals surface area contributed by atoms with Crippen molar-refractivity contribution in [3.8, 4) is 11.5 Å². The maximum absolute atomic E-state index is 5.65. The second kappa shape index (κ2) is 4.51. The molecule has 2 rings (SSSR count). The van der Waals surface area contributed by atoms with Gasteiger partial charge in [0.15, 0.2) is 0 Å². The van der Waals surface area contributed by atoms with Crippen LogP contribution >= 0.6 is 0 Å². The molecular formula is C13H13NO. The molecule has 0 saturated carbocycles. The standard InChI is InChI=1S/C13H13NO/c1-14-11-7-9-13(10-8-11)15-12-5-3-2-4-6-12/h2-10,14H,1H3. The SMILES string of the molecule is CNc1ccc(Oc2ccccc2)cc1. The van der Waals surface area contributed by atoms with Gasteiger partial charge in [0.2, 0.25) is 0 Å². The summed E-state index contributed by atoms with van der Waals surface area (Å²) in [6.07, 6.45) is 0. The lowest BCUT2D eigenvalue weighted by Gasteiger charge is -2.06. The molecule has 0 saturated heterocycles. The van der Waals surface area contributed by atoms with Gasteiger partial charge in [0.25, 0.3) is 0 Å². The highest BCUT2D eigenvalue weighted by Crippen LogP contribution is 2.22. The molecule has 0 unspecified atom stereocenters. The Bertz CT molecular complexity index is 408. The van der Waals surface area contributed by atoms with Crippen LogP contribution < -0.4 is 10.1 Å². The normalized spacial score (nSPS) is 9.67. The average molecular weight is 199 g/mol. The molecule has 0 atom stereocenters. The summed E-state index contributed by atoms with van der Waals surface area (Å²) in [5.74, 6) is 1.70. The fourth-order valence-electron chi connectivity index (χ4n) is 1.31. The quantitative estimate of drug-likeness (QED) is 0.816. The molecule has 0 radical (unpaired) electrons. The highest BCUT2D eigenvalue weighted by Gasteiger charge is 1.95. The van der Waals surface area contributed by atoms with Crippen LogP contribution in [0.1, 0.15) is 0 Å². The third kappa shape index (κ3) is 2.50. The van der Waals surface area contributed by atoms with E-state index in [-0.39, 0.29) is 0 Å². The first-order valence-electron chi connectivity index (χ1n) is 4.89. The number of rotatable bonds is 3. The van der Waals surface area contributed by atoms with Gasteiger partial charge in [0.05, 0.1) is 0 Å². The van der Waals surface area contributed by atoms with Crippen LogP contribution in [0, 0.1) is 0 Å².